The number of aromatic amines is 1. The molecule has 0 aliphatic carbocycles. The van der Waals surface area contributed by atoms with Crippen molar-refractivity contribution in [1.82, 2.24) is 25.5 Å². The van der Waals surface area contributed by atoms with Crippen molar-refractivity contribution in [3.05, 3.63) is 72.3 Å². The summed E-state index contributed by atoms with van der Waals surface area (Å²) in [6, 6.07) is 13.7. The fourth-order valence-electron chi connectivity index (χ4n) is 2.95. The third-order valence-corrected chi connectivity index (χ3v) is 4.59. The van der Waals surface area contributed by atoms with Gasteiger partial charge in [-0.25, -0.2) is 14.4 Å². The van der Waals surface area contributed by atoms with Gasteiger partial charge in [0.25, 0.3) is 0 Å². The first kappa shape index (κ1) is 20.3. The number of hydrogen-bond donors (Lipinski definition) is 2. The number of H-pyrrole nitrogens is 1. The Morgan fingerprint density at radius 1 is 1.19 bits per heavy atom. The highest BCUT2D eigenvalue weighted by molar-refractivity contribution is 5.76. The van der Waals surface area contributed by atoms with Gasteiger partial charge in [-0.3, -0.25) is 9.89 Å². The molecule has 0 radical (unpaired) electrons. The van der Waals surface area contributed by atoms with Crippen LogP contribution < -0.4 is 10.1 Å². The molecule has 0 atom stereocenters. The maximum Gasteiger partial charge on any atom is 0.220 e. The third-order valence-electron chi connectivity index (χ3n) is 4.59. The summed E-state index contributed by atoms with van der Waals surface area (Å²) in [7, 11) is 1.60. The second-order valence-corrected chi connectivity index (χ2v) is 6.71. The van der Waals surface area contributed by atoms with E-state index in [4.69, 9.17) is 9.15 Å². The van der Waals surface area contributed by atoms with Gasteiger partial charge in [-0.1, -0.05) is 12.1 Å². The van der Waals surface area contributed by atoms with E-state index in [1.165, 1.54) is 12.3 Å². The molecular formula is C22H20FN5O3. The molecule has 2 aromatic carbocycles. The molecule has 0 aliphatic rings. The van der Waals surface area contributed by atoms with Crippen molar-refractivity contribution < 1.29 is 18.3 Å². The first-order valence-corrected chi connectivity index (χ1v) is 9.64. The van der Waals surface area contributed by atoms with Crippen LogP contribution in [0.25, 0.3) is 22.7 Å². The number of oxazole rings is 1. The molecule has 0 spiro atoms. The normalized spacial score (nSPS) is 10.8. The lowest BCUT2D eigenvalue weighted by atomic mass is 10.2. The molecule has 1 amide bonds. The summed E-state index contributed by atoms with van der Waals surface area (Å²) in [4.78, 5) is 20.7. The van der Waals surface area contributed by atoms with Gasteiger partial charge in [-0.15, -0.1) is 0 Å². The Kier molecular flexibility index (Phi) is 6.02. The van der Waals surface area contributed by atoms with Crippen LogP contribution in [0.1, 0.15) is 18.1 Å². The summed E-state index contributed by atoms with van der Waals surface area (Å²) in [6.45, 7) is 0.216. The number of carbonyl (C=O) groups is 1. The van der Waals surface area contributed by atoms with Gasteiger partial charge >= 0.3 is 0 Å². The fourth-order valence-corrected chi connectivity index (χ4v) is 2.95. The molecular weight excluding hydrogens is 401 g/mol. The molecule has 0 unspecified atom stereocenters. The molecule has 0 aliphatic heterocycles. The molecule has 0 bridgehead atoms. The largest absolute Gasteiger partial charge is 0.497 e. The lowest BCUT2D eigenvalue weighted by Gasteiger charge is -2.02. The van der Waals surface area contributed by atoms with Crippen molar-refractivity contribution in [1.29, 1.82) is 0 Å². The monoisotopic (exact) mass is 421 g/mol. The SMILES string of the molecule is COc1ccc(-c2n[nH]c(CNC(=O)CCc3ncc(-c4ccccc4F)o3)n2)cc1. The Balaban J connectivity index is 1.27. The smallest absolute Gasteiger partial charge is 0.220 e. The number of nitrogens with one attached hydrogen (secondary N) is 2. The molecule has 0 saturated carbocycles. The number of methoxy groups -OCH3 is 1. The Bertz CT molecular complexity index is 1170. The van der Waals surface area contributed by atoms with E-state index >= 15 is 0 Å². The molecule has 158 valence electrons. The molecule has 8 nitrogen and oxygen atoms in total. The average molecular weight is 421 g/mol. The first-order valence-electron chi connectivity index (χ1n) is 9.64. The van der Waals surface area contributed by atoms with Gasteiger partial charge in [0.1, 0.15) is 17.4 Å². The van der Waals surface area contributed by atoms with Crippen LogP contribution in [0.5, 0.6) is 5.75 Å². The molecule has 0 saturated heterocycles. The minimum Gasteiger partial charge on any atom is -0.497 e. The number of hydrogen-bond acceptors (Lipinski definition) is 6. The maximum absolute atomic E-state index is 13.8. The van der Waals surface area contributed by atoms with Crippen LogP contribution in [0, 0.1) is 5.82 Å². The number of aryl methyl sites for hydroxylation is 1. The minimum absolute atomic E-state index is 0.177. The Morgan fingerprint density at radius 2 is 2.00 bits per heavy atom. The molecule has 4 rings (SSSR count). The Hall–Kier alpha value is -4.01. The van der Waals surface area contributed by atoms with Crippen molar-refractivity contribution >= 4 is 5.91 Å². The van der Waals surface area contributed by atoms with E-state index in [0.29, 0.717) is 35.3 Å². The average Bonchev–Trinajstić information content (AvgIpc) is 3.46. The van der Waals surface area contributed by atoms with Crippen LogP contribution in [0.3, 0.4) is 0 Å². The zero-order valence-electron chi connectivity index (χ0n) is 16.8. The van der Waals surface area contributed by atoms with Gasteiger partial charge in [-0.05, 0) is 36.4 Å². The number of ether oxygens (including phenoxy) is 1. The van der Waals surface area contributed by atoms with E-state index < -0.39 is 0 Å². The van der Waals surface area contributed by atoms with Crippen molar-refractivity contribution in [2.75, 3.05) is 7.11 Å². The second-order valence-electron chi connectivity index (χ2n) is 6.71. The number of rotatable bonds is 8. The summed E-state index contributed by atoms with van der Waals surface area (Å²) in [5, 5.41) is 9.76. The Labute approximate surface area is 177 Å². The molecule has 2 aromatic heterocycles. The van der Waals surface area contributed by atoms with E-state index in [1.807, 2.05) is 24.3 Å². The van der Waals surface area contributed by atoms with Gasteiger partial charge in [0, 0.05) is 18.4 Å². The minimum atomic E-state index is -0.385. The molecule has 31 heavy (non-hydrogen) atoms. The van der Waals surface area contributed by atoms with Crippen LogP contribution in [-0.2, 0) is 17.8 Å². The van der Waals surface area contributed by atoms with Crippen molar-refractivity contribution in [3.8, 4) is 28.5 Å². The summed E-state index contributed by atoms with van der Waals surface area (Å²) in [5.74, 6) is 1.96. The van der Waals surface area contributed by atoms with Crippen LogP contribution in [0.2, 0.25) is 0 Å². The zero-order valence-corrected chi connectivity index (χ0v) is 16.8. The topological polar surface area (TPSA) is 106 Å². The first-order chi connectivity index (χ1) is 15.1. The maximum atomic E-state index is 13.8. The van der Waals surface area contributed by atoms with Crippen molar-refractivity contribution in [2.24, 2.45) is 0 Å². The van der Waals surface area contributed by atoms with E-state index in [9.17, 15) is 9.18 Å². The zero-order chi connectivity index (χ0) is 21.6. The molecule has 2 N–H and O–H groups in total. The lowest BCUT2D eigenvalue weighted by Crippen LogP contribution is -2.23. The molecule has 2 heterocycles. The predicted molar refractivity (Wildman–Crippen MR) is 110 cm³/mol. The quantitative estimate of drug-likeness (QED) is 0.451. The lowest BCUT2D eigenvalue weighted by molar-refractivity contribution is -0.121. The number of halogens is 1. The standard InChI is InChI=1S/C22H20FN5O3/c1-30-15-8-6-14(7-9-15)22-26-19(27-28-22)13-24-20(29)10-11-21-25-12-18(31-21)16-4-2-3-5-17(16)23/h2-9,12H,10-11,13H2,1H3,(H,24,29)(H,26,27,28). The highest BCUT2D eigenvalue weighted by atomic mass is 19.1. The van der Waals surface area contributed by atoms with Gasteiger partial charge in [0.2, 0.25) is 5.91 Å². The van der Waals surface area contributed by atoms with E-state index in [0.717, 1.165) is 11.3 Å². The second kappa shape index (κ2) is 9.21. The number of aromatic nitrogens is 4. The third kappa shape index (κ3) is 4.95. The highest BCUT2D eigenvalue weighted by Crippen LogP contribution is 2.23. The molecule has 9 heteroatoms. The fraction of sp³-hybridized carbons (Fsp3) is 0.182. The van der Waals surface area contributed by atoms with Crippen molar-refractivity contribution in [2.45, 2.75) is 19.4 Å². The summed E-state index contributed by atoms with van der Waals surface area (Å²) in [6.07, 6.45) is 1.94. The summed E-state index contributed by atoms with van der Waals surface area (Å²) >= 11 is 0. The van der Waals surface area contributed by atoms with Crippen LogP contribution >= 0.6 is 0 Å². The number of nitrogens with zero attached hydrogens (tertiary/aromatic N) is 3. The van der Waals surface area contributed by atoms with Gasteiger partial charge in [0.05, 0.1) is 25.4 Å². The van der Waals surface area contributed by atoms with Crippen molar-refractivity contribution in [3.63, 3.8) is 0 Å². The predicted octanol–water partition coefficient (Wildman–Crippen LogP) is 3.52. The number of carbonyl (C=O) groups excluding carboxylic acids is 1. The van der Waals surface area contributed by atoms with E-state index in [2.05, 4.69) is 25.5 Å². The number of benzene rings is 2. The highest BCUT2D eigenvalue weighted by Gasteiger charge is 2.12. The summed E-state index contributed by atoms with van der Waals surface area (Å²) in [5.41, 5.74) is 1.17. The molecule has 4 aromatic rings. The number of amides is 1. The summed E-state index contributed by atoms with van der Waals surface area (Å²) < 4.78 is 24.5. The van der Waals surface area contributed by atoms with Crippen LogP contribution in [-0.4, -0.2) is 33.2 Å². The van der Waals surface area contributed by atoms with Gasteiger partial charge < -0.3 is 14.5 Å². The Morgan fingerprint density at radius 3 is 2.77 bits per heavy atom. The van der Waals surface area contributed by atoms with Crippen LogP contribution in [0.15, 0.2) is 59.1 Å². The molecule has 0 fully saturated rings. The van der Waals surface area contributed by atoms with Gasteiger partial charge in [0.15, 0.2) is 17.5 Å². The van der Waals surface area contributed by atoms with Crippen LogP contribution in [0.4, 0.5) is 4.39 Å². The van der Waals surface area contributed by atoms with Gasteiger partial charge in [-0.2, -0.15) is 5.10 Å². The van der Waals surface area contributed by atoms with E-state index in [-0.39, 0.29) is 24.7 Å². The van der Waals surface area contributed by atoms with E-state index in [1.54, 1.807) is 25.3 Å².